The van der Waals surface area contributed by atoms with Crippen LogP contribution in [-0.2, 0) is 16.6 Å². The number of nitrogens with one attached hydrogen (secondary N) is 1. The Balaban J connectivity index is 1.64. The second-order valence-electron chi connectivity index (χ2n) is 12.8. The number of aryl methyl sites for hydroxylation is 2. The van der Waals surface area contributed by atoms with Gasteiger partial charge in [0.2, 0.25) is 11.8 Å². The molecule has 1 N–H and O–H groups in total. The Bertz CT molecular complexity index is 1820. The molecule has 0 saturated heterocycles. The Kier molecular flexibility index (Phi) is 9.24. The minimum Gasteiger partial charge on any atom is -0.488 e. The van der Waals surface area contributed by atoms with Crippen LogP contribution in [0.25, 0.3) is 11.3 Å². The SMILES string of the molecule is Cc1cccc(C)c1-c1cc2nc(n1)NS(=O)(=O)c1cccc(n1)C(=O)N(Cc1ncc(OC(C)C)cn1)[C@H](CC(C)(C)C)CO2. The zero-order chi connectivity index (χ0) is 33.2. The Hall–Kier alpha value is -4.65. The van der Waals surface area contributed by atoms with Crippen LogP contribution in [-0.4, -0.2) is 62.9 Å². The van der Waals surface area contributed by atoms with Gasteiger partial charge in [0.15, 0.2) is 10.8 Å². The number of amides is 1. The second kappa shape index (κ2) is 13.0. The molecule has 1 aliphatic heterocycles. The van der Waals surface area contributed by atoms with Crippen LogP contribution >= 0.6 is 0 Å². The normalized spacial score (nSPS) is 16.5. The molecule has 13 heteroatoms. The maximum absolute atomic E-state index is 14.2. The number of pyridine rings is 1. The number of benzene rings is 1. The molecule has 0 spiro atoms. The van der Waals surface area contributed by atoms with E-state index in [1.165, 1.54) is 18.2 Å². The average Bonchev–Trinajstić information content (AvgIpc) is 2.97. The summed E-state index contributed by atoms with van der Waals surface area (Å²) in [5, 5.41) is -0.347. The van der Waals surface area contributed by atoms with Crippen molar-refractivity contribution in [3.05, 3.63) is 77.5 Å². The van der Waals surface area contributed by atoms with E-state index in [4.69, 9.17) is 9.47 Å². The maximum Gasteiger partial charge on any atom is 0.281 e. The predicted molar refractivity (Wildman–Crippen MR) is 173 cm³/mol. The molecule has 0 saturated carbocycles. The summed E-state index contributed by atoms with van der Waals surface area (Å²) in [7, 11) is -4.29. The summed E-state index contributed by atoms with van der Waals surface area (Å²) in [6.07, 6.45) is 3.62. The lowest BCUT2D eigenvalue weighted by Crippen LogP contribution is -2.45. The Labute approximate surface area is 269 Å². The van der Waals surface area contributed by atoms with Gasteiger partial charge < -0.3 is 14.4 Å². The minimum atomic E-state index is -4.29. The quantitative estimate of drug-likeness (QED) is 0.290. The maximum atomic E-state index is 14.2. The molecule has 4 heterocycles. The molecular weight excluding hydrogens is 606 g/mol. The molecule has 4 aromatic rings. The number of hydrogen-bond acceptors (Lipinski definition) is 10. The molecule has 5 rings (SSSR count). The summed E-state index contributed by atoms with van der Waals surface area (Å²) < 4.78 is 41.5. The third-order valence-electron chi connectivity index (χ3n) is 7.22. The van der Waals surface area contributed by atoms with Crippen LogP contribution in [0.1, 0.15) is 68.5 Å². The molecule has 1 aromatic carbocycles. The summed E-state index contributed by atoms with van der Waals surface area (Å²) in [4.78, 5) is 38.0. The fourth-order valence-electron chi connectivity index (χ4n) is 5.32. The molecule has 3 aromatic heterocycles. The lowest BCUT2D eigenvalue weighted by atomic mass is 9.87. The first-order valence-corrected chi connectivity index (χ1v) is 16.5. The van der Waals surface area contributed by atoms with Gasteiger partial charge in [-0.1, -0.05) is 45.0 Å². The van der Waals surface area contributed by atoms with E-state index in [1.54, 1.807) is 23.4 Å². The van der Waals surface area contributed by atoms with Crippen molar-refractivity contribution in [3.8, 4) is 22.9 Å². The molecular formula is C33H39N7O5S. The van der Waals surface area contributed by atoms with Gasteiger partial charge in [-0.2, -0.15) is 13.4 Å². The molecule has 0 unspecified atom stereocenters. The highest BCUT2D eigenvalue weighted by atomic mass is 32.2. The number of carbonyl (C=O) groups is 1. The third-order valence-corrected chi connectivity index (χ3v) is 8.45. The van der Waals surface area contributed by atoms with Crippen LogP contribution in [0.15, 0.2) is 59.9 Å². The number of aromatic nitrogens is 5. The highest BCUT2D eigenvalue weighted by molar-refractivity contribution is 7.92. The number of ether oxygens (including phenoxy) is 2. The first-order valence-electron chi connectivity index (χ1n) is 15.1. The lowest BCUT2D eigenvalue weighted by Gasteiger charge is -2.35. The Morgan fingerprint density at radius 2 is 1.67 bits per heavy atom. The number of nitrogens with zero attached hydrogens (tertiary/aromatic N) is 6. The lowest BCUT2D eigenvalue weighted by molar-refractivity contribution is 0.0499. The van der Waals surface area contributed by atoms with E-state index in [1.807, 2.05) is 45.9 Å². The van der Waals surface area contributed by atoms with Crippen LogP contribution < -0.4 is 14.2 Å². The van der Waals surface area contributed by atoms with E-state index in [9.17, 15) is 13.2 Å². The average molecular weight is 646 g/mol. The number of rotatable bonds is 6. The standard InChI is InChI=1S/C33H39N7O5S/c1-20(2)45-24-16-34-27(35-17-24)18-40-23(15-33(5,6)7)19-44-28-14-26(30-21(3)10-8-11-22(30)4)37-32(38-28)39-46(42,43)29-13-9-12-25(36-29)31(40)41/h8-14,16-17,20,23H,15,18-19H2,1-7H3,(H,37,38,39)/t23-/m1/s1. The van der Waals surface area contributed by atoms with Crippen molar-refractivity contribution in [2.24, 2.45) is 5.41 Å². The summed E-state index contributed by atoms with van der Waals surface area (Å²) >= 11 is 0. The second-order valence-corrected chi connectivity index (χ2v) is 14.4. The summed E-state index contributed by atoms with van der Waals surface area (Å²) in [6.45, 7) is 14.0. The molecule has 1 atom stereocenters. The third kappa shape index (κ3) is 7.76. The van der Waals surface area contributed by atoms with E-state index in [-0.39, 0.29) is 47.2 Å². The molecule has 1 aliphatic rings. The molecule has 12 nitrogen and oxygen atoms in total. The summed E-state index contributed by atoms with van der Waals surface area (Å²) in [5.41, 5.74) is 2.97. The van der Waals surface area contributed by atoms with Gasteiger partial charge in [-0.05, 0) is 62.8 Å². The monoisotopic (exact) mass is 645 g/mol. The van der Waals surface area contributed by atoms with E-state index >= 15 is 0 Å². The molecule has 0 aliphatic carbocycles. The van der Waals surface area contributed by atoms with Gasteiger partial charge in [0, 0.05) is 11.6 Å². The van der Waals surface area contributed by atoms with Crippen LogP contribution in [0.4, 0.5) is 5.95 Å². The van der Waals surface area contributed by atoms with Crippen molar-refractivity contribution >= 4 is 21.9 Å². The minimum absolute atomic E-state index is 0.0183. The van der Waals surface area contributed by atoms with Crippen molar-refractivity contribution < 1.29 is 22.7 Å². The largest absolute Gasteiger partial charge is 0.488 e. The summed E-state index contributed by atoms with van der Waals surface area (Å²) in [6, 6.07) is 11.3. The molecule has 4 bridgehead atoms. The Morgan fingerprint density at radius 3 is 2.33 bits per heavy atom. The van der Waals surface area contributed by atoms with Gasteiger partial charge in [-0.3, -0.25) is 4.79 Å². The Morgan fingerprint density at radius 1 is 1.00 bits per heavy atom. The van der Waals surface area contributed by atoms with E-state index in [0.717, 1.165) is 16.7 Å². The topological polar surface area (TPSA) is 149 Å². The number of anilines is 1. The van der Waals surface area contributed by atoms with Crippen molar-refractivity contribution in [2.45, 2.75) is 78.6 Å². The van der Waals surface area contributed by atoms with E-state index in [2.05, 4.69) is 50.4 Å². The molecule has 1 amide bonds. The van der Waals surface area contributed by atoms with Gasteiger partial charge in [-0.15, -0.1) is 0 Å². The zero-order valence-electron chi connectivity index (χ0n) is 27.1. The fraction of sp³-hybridized carbons (Fsp3) is 0.394. The van der Waals surface area contributed by atoms with Crippen LogP contribution in [0.5, 0.6) is 11.6 Å². The summed E-state index contributed by atoms with van der Waals surface area (Å²) in [5.74, 6) is 0.376. The highest BCUT2D eigenvalue weighted by Crippen LogP contribution is 2.31. The van der Waals surface area contributed by atoms with Crippen LogP contribution in [0.2, 0.25) is 0 Å². The number of fused-ring (bicyclic) bond motifs is 4. The van der Waals surface area contributed by atoms with Crippen LogP contribution in [0, 0.1) is 19.3 Å². The van der Waals surface area contributed by atoms with Crippen molar-refractivity contribution in [2.75, 3.05) is 11.3 Å². The zero-order valence-corrected chi connectivity index (χ0v) is 27.9. The van der Waals surface area contributed by atoms with Gasteiger partial charge >= 0.3 is 0 Å². The number of hydrogen-bond donors (Lipinski definition) is 1. The van der Waals surface area contributed by atoms with Gasteiger partial charge in [0.1, 0.15) is 18.1 Å². The molecule has 0 fully saturated rings. The first-order chi connectivity index (χ1) is 21.7. The van der Waals surface area contributed by atoms with Crippen LogP contribution in [0.3, 0.4) is 0 Å². The van der Waals surface area contributed by atoms with Gasteiger partial charge in [0.25, 0.3) is 15.9 Å². The van der Waals surface area contributed by atoms with Gasteiger partial charge in [0.05, 0.1) is 36.8 Å². The molecule has 0 radical (unpaired) electrons. The molecule has 242 valence electrons. The van der Waals surface area contributed by atoms with Crippen molar-refractivity contribution in [1.82, 2.24) is 29.8 Å². The van der Waals surface area contributed by atoms with Gasteiger partial charge in [-0.25, -0.2) is 24.7 Å². The van der Waals surface area contributed by atoms with E-state index < -0.39 is 22.0 Å². The molecule has 46 heavy (non-hydrogen) atoms. The number of sulfonamides is 1. The predicted octanol–water partition coefficient (Wildman–Crippen LogP) is 5.37. The van der Waals surface area contributed by atoms with Crippen molar-refractivity contribution in [1.29, 1.82) is 0 Å². The van der Waals surface area contributed by atoms with Crippen molar-refractivity contribution in [3.63, 3.8) is 0 Å². The fourth-order valence-corrected chi connectivity index (χ4v) is 6.23. The number of carbonyl (C=O) groups excluding carboxylic acids is 1. The first kappa shape index (κ1) is 32.7. The van der Waals surface area contributed by atoms with E-state index in [0.29, 0.717) is 23.7 Å². The highest BCUT2D eigenvalue weighted by Gasteiger charge is 2.32. The smallest absolute Gasteiger partial charge is 0.281 e.